The minimum atomic E-state index is -0.716. The zero-order valence-corrected chi connectivity index (χ0v) is 15.4. The summed E-state index contributed by atoms with van der Waals surface area (Å²) in [6.45, 7) is 7.12. The first-order valence-corrected chi connectivity index (χ1v) is 9.08. The number of aliphatic hydroxyl groups is 2. The van der Waals surface area contributed by atoms with E-state index in [4.69, 9.17) is 5.73 Å². The van der Waals surface area contributed by atoms with Crippen LogP contribution in [0.25, 0.3) is 0 Å². The Morgan fingerprint density at radius 2 is 1.88 bits per heavy atom. The molecule has 2 aliphatic rings. The van der Waals surface area contributed by atoms with Gasteiger partial charge in [0.15, 0.2) is 0 Å². The van der Waals surface area contributed by atoms with Crippen LogP contribution in [0.15, 0.2) is 24.3 Å². The fourth-order valence-corrected chi connectivity index (χ4v) is 5.38. The molecule has 4 N–H and O–H groups in total. The van der Waals surface area contributed by atoms with E-state index >= 15 is 0 Å². The highest BCUT2D eigenvalue weighted by Crippen LogP contribution is 2.66. The quantitative estimate of drug-likeness (QED) is 0.725. The van der Waals surface area contributed by atoms with Gasteiger partial charge in [-0.2, -0.15) is 0 Å². The van der Waals surface area contributed by atoms with Crippen molar-refractivity contribution < 1.29 is 10.2 Å². The molecular weight excluding hydrogens is 300 g/mol. The van der Waals surface area contributed by atoms with Crippen molar-refractivity contribution in [1.29, 1.82) is 0 Å². The van der Waals surface area contributed by atoms with Gasteiger partial charge in [-0.3, -0.25) is 4.90 Å². The molecule has 2 saturated carbocycles. The summed E-state index contributed by atoms with van der Waals surface area (Å²) in [5.41, 5.74) is 7.79. The number of hydrogen-bond donors (Lipinski definition) is 3. The van der Waals surface area contributed by atoms with E-state index in [2.05, 4.69) is 32.7 Å². The second-order valence-electron chi connectivity index (χ2n) is 8.65. The molecule has 5 unspecified atom stereocenters. The summed E-state index contributed by atoms with van der Waals surface area (Å²) in [7, 11) is 2.06. The number of likely N-dealkylation sites (N-methyl/N-ethyl adjacent to an activating group) is 1. The Balaban J connectivity index is 1.82. The van der Waals surface area contributed by atoms with Crippen molar-refractivity contribution in [3.8, 4) is 0 Å². The van der Waals surface area contributed by atoms with E-state index in [0.717, 1.165) is 17.9 Å². The van der Waals surface area contributed by atoms with Gasteiger partial charge in [-0.25, -0.2) is 0 Å². The van der Waals surface area contributed by atoms with Gasteiger partial charge in [0.2, 0.25) is 0 Å². The highest BCUT2D eigenvalue weighted by Gasteiger charge is 2.62. The Bertz CT molecular complexity index is 586. The number of aliphatic hydroxyl groups excluding tert-OH is 2. The van der Waals surface area contributed by atoms with E-state index in [9.17, 15) is 10.2 Å². The van der Waals surface area contributed by atoms with E-state index in [0.29, 0.717) is 17.1 Å². The van der Waals surface area contributed by atoms with Gasteiger partial charge in [-0.15, -0.1) is 0 Å². The molecule has 3 rings (SSSR count). The molecule has 2 fully saturated rings. The van der Waals surface area contributed by atoms with Crippen LogP contribution in [0.3, 0.4) is 0 Å². The lowest BCUT2D eigenvalue weighted by molar-refractivity contribution is -0.0330. The maximum atomic E-state index is 10.8. The van der Waals surface area contributed by atoms with Crippen LogP contribution in [0.2, 0.25) is 0 Å². The van der Waals surface area contributed by atoms with Crippen molar-refractivity contribution in [3.05, 3.63) is 29.8 Å². The predicted octanol–water partition coefficient (Wildman–Crippen LogP) is 2.81. The van der Waals surface area contributed by atoms with E-state index in [1.165, 1.54) is 12.8 Å². The third-order valence-electron chi connectivity index (χ3n) is 7.59. The van der Waals surface area contributed by atoms with Crippen LogP contribution in [0, 0.1) is 16.7 Å². The molecule has 24 heavy (non-hydrogen) atoms. The number of benzene rings is 1. The fourth-order valence-electron chi connectivity index (χ4n) is 5.38. The molecule has 0 amide bonds. The number of nitrogens with zero attached hydrogens (tertiary/aromatic N) is 1. The first-order chi connectivity index (χ1) is 11.2. The van der Waals surface area contributed by atoms with Gasteiger partial charge in [-0.1, -0.05) is 32.9 Å². The summed E-state index contributed by atoms with van der Waals surface area (Å²) < 4.78 is 0. The molecule has 134 valence electrons. The van der Waals surface area contributed by atoms with Crippen molar-refractivity contribution in [2.75, 3.05) is 19.4 Å². The van der Waals surface area contributed by atoms with Crippen molar-refractivity contribution in [2.45, 2.75) is 58.2 Å². The van der Waals surface area contributed by atoms with E-state index in [-0.39, 0.29) is 18.1 Å². The molecule has 1 aromatic rings. The third kappa shape index (κ3) is 2.47. The second-order valence-corrected chi connectivity index (χ2v) is 8.65. The second kappa shape index (κ2) is 6.01. The van der Waals surface area contributed by atoms with Crippen LogP contribution in [0.5, 0.6) is 0 Å². The van der Waals surface area contributed by atoms with Crippen LogP contribution in [-0.4, -0.2) is 40.9 Å². The maximum absolute atomic E-state index is 10.8. The SMILES string of the molecule is CN(C(CO)C(O)c1ccc(N)cc1)C1CC2CCC1(C)C2(C)C. The normalized spacial score (nSPS) is 33.8. The van der Waals surface area contributed by atoms with Crippen LogP contribution in [-0.2, 0) is 0 Å². The highest BCUT2D eigenvalue weighted by molar-refractivity contribution is 5.40. The number of hydrogen-bond acceptors (Lipinski definition) is 4. The largest absolute Gasteiger partial charge is 0.399 e. The minimum absolute atomic E-state index is 0.0558. The molecule has 0 aromatic heterocycles. The molecular formula is C20H32N2O2. The molecule has 4 heteroatoms. The van der Waals surface area contributed by atoms with Crippen LogP contribution in [0.1, 0.15) is 51.7 Å². The van der Waals surface area contributed by atoms with Crippen molar-refractivity contribution in [3.63, 3.8) is 0 Å². The Kier molecular flexibility index (Phi) is 4.44. The number of nitrogens with two attached hydrogens (primary N) is 1. The van der Waals surface area contributed by atoms with E-state index in [1.54, 1.807) is 12.1 Å². The van der Waals surface area contributed by atoms with Crippen LogP contribution < -0.4 is 5.73 Å². The first kappa shape index (κ1) is 17.7. The van der Waals surface area contributed by atoms with Gasteiger partial charge in [0.05, 0.1) is 18.8 Å². The average Bonchev–Trinajstić information content (AvgIpc) is 2.89. The standard InChI is InChI=1S/C20H32N2O2/c1-19(2)14-9-10-20(19,3)17(11-14)22(4)16(12-23)18(24)13-5-7-15(21)8-6-13/h5-8,14,16-18,23-24H,9-12,21H2,1-4H3. The zero-order valence-electron chi connectivity index (χ0n) is 15.4. The number of anilines is 1. The molecule has 0 radical (unpaired) electrons. The lowest BCUT2D eigenvalue weighted by Crippen LogP contribution is -2.52. The predicted molar refractivity (Wildman–Crippen MR) is 97.5 cm³/mol. The topological polar surface area (TPSA) is 69.7 Å². The zero-order chi connectivity index (χ0) is 17.7. The summed E-state index contributed by atoms with van der Waals surface area (Å²) >= 11 is 0. The lowest BCUT2D eigenvalue weighted by Gasteiger charge is -2.46. The fraction of sp³-hybridized carbons (Fsp3) is 0.700. The van der Waals surface area contributed by atoms with Gasteiger partial charge >= 0.3 is 0 Å². The van der Waals surface area contributed by atoms with Gasteiger partial charge in [0, 0.05) is 11.7 Å². The Hall–Kier alpha value is -1.10. The smallest absolute Gasteiger partial charge is 0.0967 e. The van der Waals surface area contributed by atoms with Crippen molar-refractivity contribution in [1.82, 2.24) is 4.90 Å². The van der Waals surface area contributed by atoms with Gasteiger partial charge < -0.3 is 15.9 Å². The number of fused-ring (bicyclic) bond motifs is 2. The average molecular weight is 332 g/mol. The highest BCUT2D eigenvalue weighted by atomic mass is 16.3. The van der Waals surface area contributed by atoms with Gasteiger partial charge in [0.1, 0.15) is 0 Å². The minimum Gasteiger partial charge on any atom is -0.399 e. The van der Waals surface area contributed by atoms with Crippen LogP contribution >= 0.6 is 0 Å². The number of rotatable bonds is 5. The van der Waals surface area contributed by atoms with Crippen LogP contribution in [0.4, 0.5) is 5.69 Å². The Morgan fingerprint density at radius 3 is 2.33 bits per heavy atom. The summed E-state index contributed by atoms with van der Waals surface area (Å²) in [5.74, 6) is 0.739. The van der Waals surface area contributed by atoms with E-state index < -0.39 is 6.10 Å². The first-order valence-electron chi connectivity index (χ1n) is 9.08. The molecule has 1 aromatic carbocycles. The van der Waals surface area contributed by atoms with Gasteiger partial charge in [-0.05, 0) is 60.8 Å². The van der Waals surface area contributed by atoms with Crippen molar-refractivity contribution in [2.24, 2.45) is 16.7 Å². The maximum Gasteiger partial charge on any atom is 0.0967 e. The molecule has 0 saturated heterocycles. The summed E-state index contributed by atoms with van der Waals surface area (Å²) in [6.07, 6.45) is 2.98. The molecule has 5 atom stereocenters. The third-order valence-corrected chi connectivity index (χ3v) is 7.59. The molecule has 2 bridgehead atoms. The lowest BCUT2D eigenvalue weighted by atomic mass is 9.68. The Morgan fingerprint density at radius 1 is 1.25 bits per heavy atom. The molecule has 2 aliphatic carbocycles. The van der Waals surface area contributed by atoms with E-state index in [1.807, 2.05) is 12.1 Å². The monoisotopic (exact) mass is 332 g/mol. The summed E-state index contributed by atoms with van der Waals surface area (Å²) in [6, 6.07) is 7.40. The summed E-state index contributed by atoms with van der Waals surface area (Å²) in [4.78, 5) is 2.24. The molecule has 0 spiro atoms. The van der Waals surface area contributed by atoms with Crippen molar-refractivity contribution >= 4 is 5.69 Å². The molecule has 0 heterocycles. The Labute approximate surface area is 145 Å². The van der Waals surface area contributed by atoms with Gasteiger partial charge in [0.25, 0.3) is 0 Å². The molecule has 4 nitrogen and oxygen atoms in total. The summed E-state index contributed by atoms with van der Waals surface area (Å²) in [5, 5.41) is 20.8. The number of nitrogen functional groups attached to an aromatic ring is 1. The molecule has 0 aliphatic heterocycles.